The fourth-order valence-corrected chi connectivity index (χ4v) is 7.34. The molecule has 1 spiro atoms. The zero-order valence-electron chi connectivity index (χ0n) is 14.5. The molecule has 0 unspecified atom stereocenters. The van der Waals surface area contributed by atoms with E-state index < -0.39 is 0 Å². The number of aliphatic hydroxyl groups is 1. The highest BCUT2D eigenvalue weighted by Crippen LogP contribution is 2.82. The lowest BCUT2D eigenvalue weighted by molar-refractivity contribution is -0.0687. The van der Waals surface area contributed by atoms with Gasteiger partial charge >= 0.3 is 0 Å². The molecule has 1 aromatic carbocycles. The quantitative estimate of drug-likeness (QED) is 0.844. The number of aliphatic hydroxyl groups excluding tert-OH is 1. The van der Waals surface area contributed by atoms with Gasteiger partial charge in [0, 0.05) is 0 Å². The van der Waals surface area contributed by atoms with Gasteiger partial charge < -0.3 is 9.84 Å². The maximum Gasteiger partial charge on any atom is 0.119 e. The SMILES string of the molecule is COc1ccc2c(c1)C[C@@H](C)[C@@H]1[C@@H]2CC[C@]2(C)[C@@H](O)C[C@@H]3C[C@@]312. The predicted octanol–water partition coefficient (Wildman–Crippen LogP) is 4.16. The fourth-order valence-electron chi connectivity index (χ4n) is 7.34. The first-order valence-electron chi connectivity index (χ1n) is 9.36. The van der Waals surface area contributed by atoms with Crippen LogP contribution in [-0.2, 0) is 6.42 Å². The number of benzene rings is 1. The molecule has 4 aliphatic rings. The second-order valence-corrected chi connectivity index (χ2v) is 9.03. The number of hydrogen-bond acceptors (Lipinski definition) is 2. The van der Waals surface area contributed by atoms with Crippen molar-refractivity contribution in [1.82, 2.24) is 0 Å². The summed E-state index contributed by atoms with van der Waals surface area (Å²) in [6.07, 6.45) is 5.99. The number of methoxy groups -OCH3 is 1. The maximum atomic E-state index is 10.7. The Morgan fingerprint density at radius 1 is 1.30 bits per heavy atom. The van der Waals surface area contributed by atoms with Crippen LogP contribution in [0.4, 0.5) is 0 Å². The molecule has 3 saturated carbocycles. The van der Waals surface area contributed by atoms with E-state index >= 15 is 0 Å². The van der Waals surface area contributed by atoms with Crippen LogP contribution in [0, 0.1) is 28.6 Å². The van der Waals surface area contributed by atoms with Gasteiger partial charge in [-0.25, -0.2) is 0 Å². The third kappa shape index (κ3) is 1.54. The number of hydrogen-bond donors (Lipinski definition) is 1. The highest BCUT2D eigenvalue weighted by atomic mass is 16.5. The van der Waals surface area contributed by atoms with Crippen molar-refractivity contribution in [3.05, 3.63) is 29.3 Å². The third-order valence-corrected chi connectivity index (χ3v) is 8.37. The Balaban J connectivity index is 1.60. The lowest BCUT2D eigenvalue weighted by Gasteiger charge is -2.55. The van der Waals surface area contributed by atoms with E-state index in [0.29, 0.717) is 11.3 Å². The molecule has 0 aromatic heterocycles. The predicted molar refractivity (Wildman–Crippen MR) is 90.6 cm³/mol. The van der Waals surface area contributed by atoms with Gasteiger partial charge in [-0.2, -0.15) is 0 Å². The molecule has 0 amide bonds. The molecule has 0 saturated heterocycles. The summed E-state index contributed by atoms with van der Waals surface area (Å²) < 4.78 is 5.45. The molecule has 23 heavy (non-hydrogen) atoms. The smallest absolute Gasteiger partial charge is 0.119 e. The zero-order valence-corrected chi connectivity index (χ0v) is 14.5. The van der Waals surface area contributed by atoms with E-state index in [2.05, 4.69) is 32.0 Å². The Morgan fingerprint density at radius 3 is 2.91 bits per heavy atom. The minimum absolute atomic E-state index is 0.0633. The minimum Gasteiger partial charge on any atom is -0.497 e. The average molecular weight is 312 g/mol. The molecule has 0 bridgehead atoms. The molecular weight excluding hydrogens is 284 g/mol. The van der Waals surface area contributed by atoms with Gasteiger partial charge in [0.2, 0.25) is 0 Å². The van der Waals surface area contributed by atoms with Gasteiger partial charge in [0.15, 0.2) is 0 Å². The number of rotatable bonds is 1. The van der Waals surface area contributed by atoms with E-state index in [1.54, 1.807) is 12.7 Å². The Labute approximate surface area is 139 Å². The highest BCUT2D eigenvalue weighted by molar-refractivity contribution is 5.43. The zero-order chi connectivity index (χ0) is 16.0. The van der Waals surface area contributed by atoms with Crippen molar-refractivity contribution in [1.29, 1.82) is 0 Å². The summed E-state index contributed by atoms with van der Waals surface area (Å²) in [5.41, 5.74) is 3.70. The molecule has 0 aliphatic heterocycles. The Hall–Kier alpha value is -1.02. The summed E-state index contributed by atoms with van der Waals surface area (Å²) >= 11 is 0. The first-order valence-corrected chi connectivity index (χ1v) is 9.36. The van der Waals surface area contributed by atoms with E-state index in [4.69, 9.17) is 4.74 Å². The van der Waals surface area contributed by atoms with Gasteiger partial charge in [0.1, 0.15) is 5.75 Å². The summed E-state index contributed by atoms with van der Waals surface area (Å²) in [6, 6.07) is 6.74. The van der Waals surface area contributed by atoms with Gasteiger partial charge in [-0.15, -0.1) is 0 Å². The van der Waals surface area contributed by atoms with Crippen molar-refractivity contribution in [2.24, 2.45) is 28.6 Å². The lowest BCUT2D eigenvalue weighted by atomic mass is 9.50. The van der Waals surface area contributed by atoms with Crippen LogP contribution in [0.25, 0.3) is 0 Å². The van der Waals surface area contributed by atoms with Crippen molar-refractivity contribution in [2.45, 2.75) is 58.0 Å². The molecule has 5 rings (SSSR count). The molecule has 124 valence electrons. The first-order chi connectivity index (χ1) is 11.0. The van der Waals surface area contributed by atoms with E-state index in [1.807, 2.05) is 0 Å². The van der Waals surface area contributed by atoms with E-state index in [-0.39, 0.29) is 11.5 Å². The van der Waals surface area contributed by atoms with Gasteiger partial charge in [0.05, 0.1) is 13.2 Å². The number of ether oxygens (including phenoxy) is 1. The van der Waals surface area contributed by atoms with Crippen LogP contribution in [-0.4, -0.2) is 18.3 Å². The van der Waals surface area contributed by atoms with Crippen LogP contribution in [0.15, 0.2) is 18.2 Å². The summed E-state index contributed by atoms with van der Waals surface area (Å²) in [4.78, 5) is 0. The van der Waals surface area contributed by atoms with Crippen LogP contribution in [0.2, 0.25) is 0 Å². The lowest BCUT2D eigenvalue weighted by Crippen LogP contribution is -2.50. The van der Waals surface area contributed by atoms with Crippen molar-refractivity contribution < 1.29 is 9.84 Å². The van der Waals surface area contributed by atoms with Gasteiger partial charge in [-0.3, -0.25) is 0 Å². The molecule has 2 nitrogen and oxygen atoms in total. The standard InChI is InChI=1S/C21H28O2/c1-12-8-13-9-15(23-3)4-5-16(13)17-6-7-20(2)18(22)10-14-11-21(14,20)19(12)17/h4-5,9,12,14,17-19,22H,6-8,10-11H2,1-3H3/t12-,14-,17-,18+,19-,20-,21-/m1/s1. The van der Waals surface area contributed by atoms with E-state index in [9.17, 15) is 5.11 Å². The Bertz CT molecular complexity index is 668. The average Bonchev–Trinajstić information content (AvgIpc) is 3.19. The molecule has 1 aromatic rings. The third-order valence-electron chi connectivity index (χ3n) is 8.37. The van der Waals surface area contributed by atoms with Crippen LogP contribution in [0.5, 0.6) is 5.75 Å². The summed E-state index contributed by atoms with van der Waals surface area (Å²) in [7, 11) is 1.76. The van der Waals surface area contributed by atoms with E-state index in [1.165, 1.54) is 31.2 Å². The second-order valence-electron chi connectivity index (χ2n) is 9.03. The van der Waals surface area contributed by atoms with Crippen molar-refractivity contribution >= 4 is 0 Å². The molecule has 1 N–H and O–H groups in total. The summed E-state index contributed by atoms with van der Waals surface area (Å²) in [5.74, 6) is 3.97. The van der Waals surface area contributed by atoms with Gasteiger partial charge in [0.25, 0.3) is 0 Å². The number of fused-ring (bicyclic) bond motifs is 3. The largest absolute Gasteiger partial charge is 0.497 e. The monoisotopic (exact) mass is 312 g/mol. The molecule has 2 heteroatoms. The second kappa shape index (κ2) is 4.33. The van der Waals surface area contributed by atoms with Crippen LogP contribution >= 0.6 is 0 Å². The molecule has 4 aliphatic carbocycles. The van der Waals surface area contributed by atoms with Crippen LogP contribution < -0.4 is 4.74 Å². The summed E-state index contributed by atoms with van der Waals surface area (Å²) in [6.45, 7) is 4.86. The van der Waals surface area contributed by atoms with Crippen molar-refractivity contribution in [2.75, 3.05) is 7.11 Å². The maximum absolute atomic E-state index is 10.7. The molecule has 0 heterocycles. The summed E-state index contributed by atoms with van der Waals surface area (Å²) in [5, 5.41) is 10.7. The van der Waals surface area contributed by atoms with E-state index in [0.717, 1.165) is 29.9 Å². The normalized spacial score (nSPS) is 49.7. The van der Waals surface area contributed by atoms with Crippen molar-refractivity contribution in [3.8, 4) is 5.75 Å². The van der Waals surface area contributed by atoms with Gasteiger partial charge in [-0.05, 0) is 89.9 Å². The van der Waals surface area contributed by atoms with Gasteiger partial charge in [-0.1, -0.05) is 19.9 Å². The van der Waals surface area contributed by atoms with Crippen molar-refractivity contribution in [3.63, 3.8) is 0 Å². The molecule has 0 radical (unpaired) electrons. The van der Waals surface area contributed by atoms with Crippen LogP contribution in [0.3, 0.4) is 0 Å². The molecule has 3 fully saturated rings. The highest BCUT2D eigenvalue weighted by Gasteiger charge is 2.77. The Morgan fingerprint density at radius 2 is 2.13 bits per heavy atom. The topological polar surface area (TPSA) is 29.5 Å². The first kappa shape index (κ1) is 14.3. The Kier molecular flexibility index (Phi) is 2.70. The van der Waals surface area contributed by atoms with Crippen LogP contribution in [0.1, 0.15) is 56.6 Å². The fraction of sp³-hybridized carbons (Fsp3) is 0.714. The molecule has 7 atom stereocenters. The minimum atomic E-state index is -0.0633. The molecular formula is C21H28O2.